The summed E-state index contributed by atoms with van der Waals surface area (Å²) in [7, 11) is 1.40. The Morgan fingerprint density at radius 1 is 1.24 bits per heavy atom. The van der Waals surface area contributed by atoms with Gasteiger partial charge in [-0.3, -0.25) is 19.3 Å². The van der Waals surface area contributed by atoms with Crippen molar-refractivity contribution >= 4 is 10.9 Å². The topological polar surface area (TPSA) is 73.9 Å². The van der Waals surface area contributed by atoms with Crippen molar-refractivity contribution in [1.82, 2.24) is 20.0 Å². The zero-order valence-corrected chi connectivity index (χ0v) is 21.4. The number of aliphatic hydroxyl groups is 1. The van der Waals surface area contributed by atoms with Crippen LogP contribution in [0.25, 0.3) is 10.9 Å². The Labute approximate surface area is 218 Å². The Kier molecular flexibility index (Phi) is 7.52. The summed E-state index contributed by atoms with van der Waals surface area (Å²) in [4.78, 5) is 3.58. The van der Waals surface area contributed by atoms with E-state index in [1.54, 1.807) is 24.4 Å². The van der Waals surface area contributed by atoms with Crippen LogP contribution in [0, 0.1) is 11.7 Å². The molecule has 2 aliphatic heterocycles. The number of rotatable bonds is 10. The molecule has 7 nitrogen and oxygen atoms in total. The number of aromatic amines is 1. The van der Waals surface area contributed by atoms with Crippen LogP contribution >= 0.6 is 0 Å². The molecule has 3 aromatic rings. The van der Waals surface area contributed by atoms with Crippen LogP contribution in [0.3, 0.4) is 0 Å². The lowest BCUT2D eigenvalue weighted by Gasteiger charge is -2.44. The highest BCUT2D eigenvalue weighted by molar-refractivity contribution is 5.83. The van der Waals surface area contributed by atoms with Gasteiger partial charge in [-0.25, -0.2) is 13.2 Å². The summed E-state index contributed by atoms with van der Waals surface area (Å²) >= 11 is 0. The first-order valence-corrected chi connectivity index (χ1v) is 12.7. The van der Waals surface area contributed by atoms with E-state index in [1.165, 1.54) is 18.1 Å². The van der Waals surface area contributed by atoms with Crippen LogP contribution in [0.5, 0.6) is 11.5 Å². The average Bonchev–Trinajstić information content (AvgIpc) is 3.35. The number of nitrogens with zero attached hydrogens (tertiary/aromatic N) is 3. The first-order chi connectivity index (χ1) is 18.2. The Morgan fingerprint density at radius 3 is 2.74 bits per heavy atom. The van der Waals surface area contributed by atoms with E-state index in [-0.39, 0.29) is 36.3 Å². The maximum absolute atomic E-state index is 15.9. The van der Waals surface area contributed by atoms with Gasteiger partial charge < -0.3 is 14.6 Å². The zero-order chi connectivity index (χ0) is 27.0. The quantitative estimate of drug-likeness (QED) is 0.383. The summed E-state index contributed by atoms with van der Waals surface area (Å²) in [5.74, 6) is -3.52. The van der Waals surface area contributed by atoms with Crippen molar-refractivity contribution in [3.8, 4) is 11.5 Å². The first-order valence-electron chi connectivity index (χ1n) is 12.7. The van der Waals surface area contributed by atoms with Crippen molar-refractivity contribution in [2.75, 3.05) is 53.2 Å². The molecule has 38 heavy (non-hydrogen) atoms. The van der Waals surface area contributed by atoms with E-state index in [0.717, 1.165) is 16.5 Å². The number of hydrogen-bond acceptors (Lipinski definition) is 6. The number of nitrogens with one attached hydrogen (secondary N) is 1. The Hall–Kier alpha value is -2.89. The van der Waals surface area contributed by atoms with Crippen LogP contribution in [-0.4, -0.2) is 90.2 Å². The van der Waals surface area contributed by atoms with Crippen LogP contribution in [0.4, 0.5) is 17.6 Å². The lowest BCUT2D eigenvalue weighted by atomic mass is 9.82. The molecule has 3 heterocycles. The minimum absolute atomic E-state index is 0.0667. The molecule has 0 saturated carbocycles. The predicted molar refractivity (Wildman–Crippen MR) is 134 cm³/mol. The molecule has 1 fully saturated rings. The van der Waals surface area contributed by atoms with Gasteiger partial charge >= 0.3 is 0 Å². The Morgan fingerprint density at radius 2 is 2.03 bits per heavy atom. The smallest absolute Gasteiger partial charge is 0.283 e. The van der Waals surface area contributed by atoms with Gasteiger partial charge in [-0.1, -0.05) is 6.07 Å². The number of likely N-dealkylation sites (tertiary alicyclic amines) is 1. The molecule has 2 atom stereocenters. The molecule has 2 aromatic carbocycles. The van der Waals surface area contributed by atoms with Gasteiger partial charge in [-0.15, -0.1) is 0 Å². The van der Waals surface area contributed by atoms with Gasteiger partial charge in [0.1, 0.15) is 30.5 Å². The lowest BCUT2D eigenvalue weighted by Crippen LogP contribution is -2.49. The van der Waals surface area contributed by atoms with Gasteiger partial charge in [-0.2, -0.15) is 5.10 Å². The van der Waals surface area contributed by atoms with Gasteiger partial charge in [0.15, 0.2) is 0 Å². The summed E-state index contributed by atoms with van der Waals surface area (Å²) < 4.78 is 69.0. The minimum Gasteiger partial charge on any atom is -0.496 e. The van der Waals surface area contributed by atoms with E-state index < -0.39 is 37.0 Å². The van der Waals surface area contributed by atoms with E-state index in [1.807, 2.05) is 6.92 Å². The first kappa shape index (κ1) is 26.7. The molecular formula is C27H32F4N4O3. The number of fused-ring (bicyclic) bond motifs is 3. The van der Waals surface area contributed by atoms with Gasteiger partial charge in [0.05, 0.1) is 43.6 Å². The number of hydrogen-bond donors (Lipinski definition) is 2. The maximum atomic E-state index is 15.9. The summed E-state index contributed by atoms with van der Waals surface area (Å²) in [5, 5.41) is 17.2. The fourth-order valence-corrected chi connectivity index (χ4v) is 5.64. The van der Waals surface area contributed by atoms with Crippen LogP contribution < -0.4 is 9.47 Å². The molecule has 206 valence electrons. The molecule has 5 rings (SSSR count). The van der Waals surface area contributed by atoms with Gasteiger partial charge in [0.2, 0.25) is 0 Å². The highest BCUT2D eigenvalue weighted by Gasteiger charge is 2.42. The van der Waals surface area contributed by atoms with Crippen LogP contribution in [0.2, 0.25) is 0 Å². The second kappa shape index (κ2) is 10.7. The molecule has 0 spiro atoms. The fourth-order valence-electron chi connectivity index (χ4n) is 5.64. The van der Waals surface area contributed by atoms with Crippen LogP contribution in [-0.2, 0) is 6.42 Å². The van der Waals surface area contributed by atoms with Crippen molar-refractivity contribution in [2.24, 2.45) is 5.92 Å². The second-order valence-corrected chi connectivity index (χ2v) is 10.3. The number of aliphatic hydroxyl groups excluding tert-OH is 1. The predicted octanol–water partition coefficient (Wildman–Crippen LogP) is 3.95. The van der Waals surface area contributed by atoms with Crippen molar-refractivity contribution in [1.29, 1.82) is 0 Å². The molecular weight excluding hydrogens is 504 g/mol. The highest BCUT2D eigenvalue weighted by atomic mass is 19.3. The number of benzene rings is 2. The summed E-state index contributed by atoms with van der Waals surface area (Å²) in [6, 6.07) is 5.13. The molecule has 1 saturated heterocycles. The van der Waals surface area contributed by atoms with Gasteiger partial charge in [-0.05, 0) is 30.5 Å². The third-order valence-electron chi connectivity index (χ3n) is 7.59. The summed E-state index contributed by atoms with van der Waals surface area (Å²) in [6.45, 7) is 1.63. The van der Waals surface area contributed by atoms with E-state index >= 15 is 4.39 Å². The summed E-state index contributed by atoms with van der Waals surface area (Å²) in [5.41, 5.74) is 2.51. The SMILES string of the molecule is COc1cc(OCCN2CC(CF)C2)cc(F)c1[C@@H]1c2ccc3[nH]ncc3c2C[C@@H](C)N1CC(F)(F)CO. The van der Waals surface area contributed by atoms with Gasteiger partial charge in [0, 0.05) is 49.1 Å². The minimum atomic E-state index is -3.38. The van der Waals surface area contributed by atoms with Gasteiger partial charge in [0.25, 0.3) is 5.92 Å². The number of methoxy groups -OCH3 is 1. The third-order valence-corrected chi connectivity index (χ3v) is 7.59. The third kappa shape index (κ3) is 5.06. The van der Waals surface area contributed by atoms with Crippen LogP contribution in [0.1, 0.15) is 29.7 Å². The molecule has 0 unspecified atom stereocenters. The molecule has 2 N–H and O–H groups in total. The molecule has 0 radical (unpaired) electrons. The molecule has 0 amide bonds. The second-order valence-electron chi connectivity index (χ2n) is 10.3. The van der Waals surface area contributed by atoms with E-state index in [4.69, 9.17) is 9.47 Å². The Bertz CT molecular complexity index is 1280. The maximum Gasteiger partial charge on any atom is 0.283 e. The normalized spacial score (nSPS) is 20.9. The lowest BCUT2D eigenvalue weighted by molar-refractivity contribution is -0.0865. The number of halogens is 4. The average molecular weight is 537 g/mol. The fraction of sp³-hybridized carbons (Fsp3) is 0.519. The molecule has 0 bridgehead atoms. The summed E-state index contributed by atoms with van der Waals surface area (Å²) in [6.07, 6.45) is 2.14. The molecule has 0 aliphatic carbocycles. The van der Waals surface area contributed by atoms with Crippen molar-refractivity contribution in [3.63, 3.8) is 0 Å². The van der Waals surface area contributed by atoms with Crippen molar-refractivity contribution < 1.29 is 32.1 Å². The van der Waals surface area contributed by atoms with Crippen molar-refractivity contribution in [3.05, 3.63) is 53.0 Å². The number of alkyl halides is 3. The monoisotopic (exact) mass is 536 g/mol. The van der Waals surface area contributed by atoms with E-state index in [9.17, 15) is 18.3 Å². The van der Waals surface area contributed by atoms with E-state index in [2.05, 4.69) is 15.1 Å². The number of H-pyrrole nitrogens is 1. The van der Waals surface area contributed by atoms with E-state index in [0.29, 0.717) is 31.6 Å². The Balaban J connectivity index is 1.50. The van der Waals surface area contributed by atoms with Crippen LogP contribution in [0.15, 0.2) is 30.5 Å². The highest BCUT2D eigenvalue weighted by Crippen LogP contribution is 2.46. The number of ether oxygens (including phenoxy) is 2. The largest absolute Gasteiger partial charge is 0.496 e. The molecule has 11 heteroatoms. The number of aromatic nitrogens is 2. The standard InChI is InChI=1S/C27H32F4N4O3/c1-16-7-20-19(3-4-23-21(20)11-32-33-23)26(35(16)14-27(30,31)15-36)25-22(29)8-18(9-24(25)37-2)38-6-5-34-12-17(10-28)13-34/h3-4,8-9,11,16-17,26,36H,5-7,10,12-15H2,1-2H3,(H,32,33)/t16-,26+/m1/s1. The zero-order valence-electron chi connectivity index (χ0n) is 21.4. The van der Waals surface area contributed by atoms with Crippen molar-refractivity contribution in [2.45, 2.75) is 31.4 Å². The molecule has 1 aromatic heterocycles. The molecule has 2 aliphatic rings.